The molecular weight excluding hydrogens is 314 g/mol. The fourth-order valence-corrected chi connectivity index (χ4v) is 2.91. The van der Waals surface area contributed by atoms with Gasteiger partial charge in [-0.15, -0.1) is 0 Å². The molecule has 2 N–H and O–H groups in total. The summed E-state index contributed by atoms with van der Waals surface area (Å²) in [4.78, 5) is 11.5. The number of nitrogens with one attached hydrogen (secondary N) is 2. The Labute approximate surface area is 152 Å². The van der Waals surface area contributed by atoms with Gasteiger partial charge in [0.1, 0.15) is 12.3 Å². The summed E-state index contributed by atoms with van der Waals surface area (Å²) in [5.74, 6) is 2.39. The minimum Gasteiger partial charge on any atom is -0.443 e. The molecule has 25 heavy (non-hydrogen) atoms. The fraction of sp³-hybridized carbons (Fsp3) is 0.789. The number of guanidine groups is 1. The first-order valence-electron chi connectivity index (χ1n) is 9.69. The fourth-order valence-electron chi connectivity index (χ4n) is 2.91. The number of oxazole rings is 1. The minimum atomic E-state index is -0.0229. The molecule has 0 spiro atoms. The topological polar surface area (TPSA) is 65.7 Å². The highest BCUT2D eigenvalue weighted by molar-refractivity contribution is 5.79. The molecule has 2 rings (SSSR count). The molecule has 0 unspecified atom stereocenters. The molecule has 142 valence electrons. The van der Waals surface area contributed by atoms with E-state index in [0.29, 0.717) is 12.4 Å². The third-order valence-electron chi connectivity index (χ3n) is 4.43. The van der Waals surface area contributed by atoms with Gasteiger partial charge < -0.3 is 20.0 Å². The average Bonchev–Trinajstić information content (AvgIpc) is 2.90. The zero-order chi connectivity index (χ0) is 18.1. The highest BCUT2D eigenvalue weighted by Crippen LogP contribution is 2.22. The van der Waals surface area contributed by atoms with Crippen molar-refractivity contribution in [1.29, 1.82) is 0 Å². The van der Waals surface area contributed by atoms with E-state index in [2.05, 4.69) is 53.2 Å². The smallest absolute Gasteiger partial charge is 0.216 e. The van der Waals surface area contributed by atoms with E-state index in [1.807, 2.05) is 6.20 Å². The van der Waals surface area contributed by atoms with Crippen molar-refractivity contribution >= 4 is 5.96 Å². The van der Waals surface area contributed by atoms with E-state index in [4.69, 9.17) is 4.42 Å². The van der Waals surface area contributed by atoms with Gasteiger partial charge in [0.05, 0.1) is 6.20 Å². The van der Waals surface area contributed by atoms with Crippen LogP contribution in [0.15, 0.2) is 15.6 Å². The number of hydrogen-bond acceptors (Lipinski definition) is 4. The number of rotatable bonds is 6. The molecular formula is C19H35N5O. The number of likely N-dealkylation sites (tertiary alicyclic amines) is 1. The van der Waals surface area contributed by atoms with E-state index in [1.165, 1.54) is 38.8 Å². The maximum Gasteiger partial charge on any atom is 0.216 e. The molecule has 0 atom stereocenters. The van der Waals surface area contributed by atoms with Gasteiger partial charge in [0.15, 0.2) is 5.96 Å². The van der Waals surface area contributed by atoms with Crippen molar-refractivity contribution in [2.75, 3.05) is 32.7 Å². The van der Waals surface area contributed by atoms with Crippen LogP contribution in [0, 0.1) is 0 Å². The van der Waals surface area contributed by atoms with E-state index in [9.17, 15) is 0 Å². The Morgan fingerprint density at radius 3 is 2.52 bits per heavy atom. The lowest BCUT2D eigenvalue weighted by Crippen LogP contribution is -2.41. The molecule has 0 radical (unpaired) electrons. The normalized spacial score (nSPS) is 17.4. The predicted octanol–water partition coefficient (Wildman–Crippen LogP) is 2.90. The predicted molar refractivity (Wildman–Crippen MR) is 103 cm³/mol. The molecule has 0 saturated carbocycles. The summed E-state index contributed by atoms with van der Waals surface area (Å²) in [6.45, 7) is 14.2. The van der Waals surface area contributed by atoms with Gasteiger partial charge >= 0.3 is 0 Å². The van der Waals surface area contributed by atoms with Crippen LogP contribution in [0.2, 0.25) is 0 Å². The lowest BCUT2D eigenvalue weighted by atomic mass is 9.94. The summed E-state index contributed by atoms with van der Waals surface area (Å²) >= 11 is 0. The molecule has 0 amide bonds. The Balaban J connectivity index is 1.82. The minimum absolute atomic E-state index is 0.0229. The van der Waals surface area contributed by atoms with Gasteiger partial charge in [0.25, 0.3) is 0 Å². The highest BCUT2D eigenvalue weighted by Gasteiger charge is 2.19. The summed E-state index contributed by atoms with van der Waals surface area (Å²) < 4.78 is 5.81. The molecule has 0 aromatic carbocycles. The molecule has 6 nitrogen and oxygen atoms in total. The van der Waals surface area contributed by atoms with Crippen LogP contribution in [0.4, 0.5) is 0 Å². The number of aliphatic imine (C=N–C) groups is 1. The average molecular weight is 350 g/mol. The number of hydrogen-bond donors (Lipinski definition) is 2. The first-order chi connectivity index (χ1) is 12.0. The van der Waals surface area contributed by atoms with Crippen molar-refractivity contribution in [1.82, 2.24) is 20.5 Å². The van der Waals surface area contributed by atoms with Crippen molar-refractivity contribution in [3.8, 4) is 0 Å². The number of nitrogens with zero attached hydrogens (tertiary/aromatic N) is 3. The van der Waals surface area contributed by atoms with Crippen molar-refractivity contribution in [2.45, 2.75) is 65.3 Å². The van der Waals surface area contributed by atoms with Crippen molar-refractivity contribution in [3.05, 3.63) is 17.8 Å². The van der Waals surface area contributed by atoms with Crippen LogP contribution >= 0.6 is 0 Å². The lowest BCUT2D eigenvalue weighted by Gasteiger charge is -2.20. The van der Waals surface area contributed by atoms with Crippen molar-refractivity contribution < 1.29 is 4.42 Å². The van der Waals surface area contributed by atoms with Crippen LogP contribution in [0.5, 0.6) is 0 Å². The molecule has 0 aliphatic carbocycles. The summed E-state index contributed by atoms with van der Waals surface area (Å²) in [6.07, 6.45) is 7.22. The van der Waals surface area contributed by atoms with Crippen LogP contribution in [0.25, 0.3) is 0 Å². The summed E-state index contributed by atoms with van der Waals surface area (Å²) in [5.41, 5.74) is -0.0229. The first-order valence-corrected chi connectivity index (χ1v) is 9.69. The van der Waals surface area contributed by atoms with E-state index in [0.717, 1.165) is 31.4 Å². The summed E-state index contributed by atoms with van der Waals surface area (Å²) in [7, 11) is 0. The standard InChI is InChI=1S/C19H35N5O/c1-5-20-18(21-10-13-24-11-8-6-7-9-12-24)23-15-17-22-14-16(25-17)19(2,3)4/h14H,5-13,15H2,1-4H3,(H2,20,21,23). The molecule has 1 aromatic rings. The maximum absolute atomic E-state index is 5.81. The highest BCUT2D eigenvalue weighted by atomic mass is 16.4. The van der Waals surface area contributed by atoms with Gasteiger partial charge in [0, 0.05) is 25.0 Å². The van der Waals surface area contributed by atoms with E-state index in [1.54, 1.807) is 0 Å². The van der Waals surface area contributed by atoms with Crippen LogP contribution in [0.1, 0.15) is 65.0 Å². The summed E-state index contributed by atoms with van der Waals surface area (Å²) in [5, 5.41) is 6.71. The van der Waals surface area contributed by atoms with Crippen LogP contribution in [-0.2, 0) is 12.0 Å². The van der Waals surface area contributed by atoms with Gasteiger partial charge in [-0.3, -0.25) is 0 Å². The van der Waals surface area contributed by atoms with Crippen LogP contribution in [0.3, 0.4) is 0 Å². The van der Waals surface area contributed by atoms with Crippen molar-refractivity contribution in [3.63, 3.8) is 0 Å². The molecule has 1 aliphatic heterocycles. The molecule has 6 heteroatoms. The first kappa shape index (κ1) is 19.8. The monoisotopic (exact) mass is 349 g/mol. The Bertz CT molecular complexity index is 524. The van der Waals surface area contributed by atoms with Gasteiger partial charge in [-0.05, 0) is 32.9 Å². The molecule has 0 bridgehead atoms. The molecule has 1 aromatic heterocycles. The largest absolute Gasteiger partial charge is 0.443 e. The maximum atomic E-state index is 5.81. The number of aromatic nitrogens is 1. The van der Waals surface area contributed by atoms with Gasteiger partial charge in [-0.25, -0.2) is 9.98 Å². The molecule has 2 heterocycles. The third kappa shape index (κ3) is 7.06. The van der Waals surface area contributed by atoms with E-state index >= 15 is 0 Å². The van der Waals surface area contributed by atoms with Gasteiger partial charge in [-0.2, -0.15) is 0 Å². The molecule has 1 fully saturated rings. The van der Waals surface area contributed by atoms with Crippen LogP contribution in [-0.4, -0.2) is 48.6 Å². The zero-order valence-corrected chi connectivity index (χ0v) is 16.4. The van der Waals surface area contributed by atoms with Crippen LogP contribution < -0.4 is 10.6 Å². The lowest BCUT2D eigenvalue weighted by molar-refractivity contribution is 0.289. The van der Waals surface area contributed by atoms with Gasteiger partial charge in [0.2, 0.25) is 5.89 Å². The molecule has 1 saturated heterocycles. The molecule has 1 aliphatic rings. The summed E-state index contributed by atoms with van der Waals surface area (Å²) in [6, 6.07) is 0. The second-order valence-corrected chi connectivity index (χ2v) is 7.75. The Morgan fingerprint density at radius 2 is 1.92 bits per heavy atom. The second-order valence-electron chi connectivity index (χ2n) is 7.75. The Hall–Kier alpha value is -1.56. The van der Waals surface area contributed by atoms with Crippen molar-refractivity contribution in [2.24, 2.45) is 4.99 Å². The zero-order valence-electron chi connectivity index (χ0n) is 16.4. The third-order valence-corrected chi connectivity index (χ3v) is 4.43. The van der Waals surface area contributed by atoms with E-state index < -0.39 is 0 Å². The quantitative estimate of drug-likeness (QED) is 0.611. The Morgan fingerprint density at radius 1 is 1.20 bits per heavy atom. The SMILES string of the molecule is CCNC(=NCc1ncc(C(C)(C)C)o1)NCCN1CCCCCC1. The van der Waals surface area contributed by atoms with Gasteiger partial charge in [-0.1, -0.05) is 33.6 Å². The second kappa shape index (κ2) is 9.80. The van der Waals surface area contributed by atoms with E-state index in [-0.39, 0.29) is 5.41 Å². The Kier molecular flexibility index (Phi) is 7.75.